The second-order valence-corrected chi connectivity index (χ2v) is 7.42. The molecule has 0 aliphatic heterocycles. The summed E-state index contributed by atoms with van der Waals surface area (Å²) in [5.74, 6) is -0.254. The van der Waals surface area contributed by atoms with Gasteiger partial charge >= 0.3 is 8.25 Å². The van der Waals surface area contributed by atoms with Gasteiger partial charge in [0.2, 0.25) is 6.30 Å². The fourth-order valence-corrected chi connectivity index (χ4v) is 3.66. The third-order valence-electron chi connectivity index (χ3n) is 4.77. The van der Waals surface area contributed by atoms with Crippen molar-refractivity contribution in [2.45, 2.75) is 18.5 Å². The Kier molecular flexibility index (Phi) is 8.26. The molecule has 3 rings (SSSR count). The van der Waals surface area contributed by atoms with E-state index in [0.717, 1.165) is 17.2 Å². The van der Waals surface area contributed by atoms with Gasteiger partial charge in [0.1, 0.15) is 12.4 Å². The zero-order chi connectivity index (χ0) is 24.0. The van der Waals surface area contributed by atoms with Crippen LogP contribution < -0.4 is 4.90 Å². The number of methoxy groups -OCH3 is 1. The zero-order valence-corrected chi connectivity index (χ0v) is 18.5. The minimum absolute atomic E-state index is 0.00279. The second-order valence-electron chi connectivity index (χ2n) is 6.73. The first kappa shape index (κ1) is 24.5. The number of amides is 1. The maximum atomic E-state index is 15.5. The summed E-state index contributed by atoms with van der Waals surface area (Å²) in [6.45, 7) is 3.10. The van der Waals surface area contributed by atoms with Gasteiger partial charge in [-0.05, 0) is 12.1 Å². The van der Waals surface area contributed by atoms with Gasteiger partial charge in [-0.1, -0.05) is 24.3 Å². The Morgan fingerprint density at radius 2 is 2.06 bits per heavy atom. The summed E-state index contributed by atoms with van der Waals surface area (Å²) in [6.07, 6.45) is -1.27. The highest BCUT2D eigenvalue weighted by atomic mass is 31.1. The summed E-state index contributed by atoms with van der Waals surface area (Å²) in [4.78, 5) is 36.0. The number of hydrogen-bond donors (Lipinski definition) is 2. The normalized spacial score (nSPS) is 14.5. The number of anilines is 1. The monoisotopic (exact) mass is 478 g/mol. The molecule has 0 radical (unpaired) electrons. The molecule has 4 atom stereocenters. The maximum Gasteiger partial charge on any atom is 0.695 e. The molecule has 1 amide bonds. The van der Waals surface area contributed by atoms with E-state index in [1.54, 1.807) is 30.3 Å². The van der Waals surface area contributed by atoms with Crippen LogP contribution in [0.25, 0.3) is 11.2 Å². The third-order valence-corrected chi connectivity index (χ3v) is 5.19. The van der Waals surface area contributed by atoms with E-state index in [9.17, 15) is 14.5 Å². The number of benzene rings is 1. The number of ether oxygens (including phenoxy) is 1. The fourth-order valence-electron chi connectivity index (χ4n) is 3.22. The number of carbonyl (C=O) groups excluding carboxylic acids is 1. The molecule has 174 valence electrons. The molecule has 1 unspecified atom stereocenters. The van der Waals surface area contributed by atoms with Gasteiger partial charge in [0, 0.05) is 23.8 Å². The van der Waals surface area contributed by atoms with Gasteiger partial charge in [-0.25, -0.2) is 19.3 Å². The summed E-state index contributed by atoms with van der Waals surface area (Å²) in [7, 11) is -2.01. The van der Waals surface area contributed by atoms with E-state index < -0.39 is 33.4 Å². The minimum atomic E-state index is -3.20. The lowest BCUT2D eigenvalue weighted by Crippen LogP contribution is -2.38. The van der Waals surface area contributed by atoms with E-state index in [1.165, 1.54) is 18.1 Å². The van der Waals surface area contributed by atoms with Crippen molar-refractivity contribution in [1.29, 1.82) is 0 Å². The minimum Gasteiger partial charge on any atom is -0.394 e. The summed E-state index contributed by atoms with van der Waals surface area (Å²) >= 11 is 0. The van der Waals surface area contributed by atoms with E-state index in [4.69, 9.17) is 14.2 Å². The Labute approximate surface area is 189 Å². The van der Waals surface area contributed by atoms with E-state index in [2.05, 4.69) is 21.5 Å². The van der Waals surface area contributed by atoms with Crippen molar-refractivity contribution < 1.29 is 33.0 Å². The summed E-state index contributed by atoms with van der Waals surface area (Å²) < 4.78 is 37.4. The van der Waals surface area contributed by atoms with Crippen molar-refractivity contribution in [1.82, 2.24) is 19.5 Å². The quantitative estimate of drug-likeness (QED) is 0.313. The van der Waals surface area contributed by atoms with Gasteiger partial charge in [-0.15, -0.1) is 16.0 Å². The number of hydrogen-bond acceptors (Lipinski definition) is 8. The molecule has 0 aliphatic carbocycles. The van der Waals surface area contributed by atoms with Gasteiger partial charge in [-0.3, -0.25) is 14.3 Å². The largest absolute Gasteiger partial charge is 0.695 e. The summed E-state index contributed by atoms with van der Waals surface area (Å²) in [5, 5.41) is 9.46. The van der Waals surface area contributed by atoms with Crippen LogP contribution in [-0.4, -0.2) is 67.9 Å². The Balaban J connectivity index is 2.05. The standard InChI is InChI=1S/C20H21FN5O6P/c1-3-9-25(20(28)13-7-5-4-6-8-13)18-15-19(23-11-22-18)26(12-24-15)17(21)16(32-33(29)30)14(10-27)31-2/h3-8,11-12,14,16-17,27H,1,9-10H2,2H3/p+1/t14-,16-,17+/m1/s1. The number of nitrogens with zero attached hydrogens (tertiary/aromatic N) is 5. The predicted molar refractivity (Wildman–Crippen MR) is 116 cm³/mol. The molecule has 0 saturated heterocycles. The Bertz CT molecular complexity index is 1130. The van der Waals surface area contributed by atoms with Gasteiger partial charge in [0.25, 0.3) is 5.91 Å². The van der Waals surface area contributed by atoms with Crippen molar-refractivity contribution in [3.8, 4) is 0 Å². The van der Waals surface area contributed by atoms with Crippen molar-refractivity contribution >= 4 is 31.1 Å². The van der Waals surface area contributed by atoms with Gasteiger partial charge in [-0.2, -0.15) is 0 Å². The fraction of sp³-hybridized carbons (Fsp3) is 0.300. The number of fused-ring (bicyclic) bond motifs is 1. The number of carbonyl (C=O) groups is 1. The maximum absolute atomic E-state index is 15.5. The lowest BCUT2D eigenvalue weighted by molar-refractivity contribution is -0.0772. The van der Waals surface area contributed by atoms with Crippen LogP contribution in [0.5, 0.6) is 0 Å². The number of imidazole rings is 1. The zero-order valence-electron chi connectivity index (χ0n) is 17.6. The SMILES string of the molecule is C=CCN(C(=O)c1ccccc1)c1ncnc2c1ncn2[C@H](F)[C@H](O[P+](=O)O)[C@@H](CO)OC. The molecule has 0 saturated carbocycles. The van der Waals surface area contributed by atoms with Crippen LogP contribution in [0.15, 0.2) is 55.6 Å². The Morgan fingerprint density at radius 3 is 2.67 bits per heavy atom. The molecule has 0 aliphatic rings. The molecule has 2 heterocycles. The topological polar surface area (TPSA) is 140 Å². The Morgan fingerprint density at radius 1 is 1.33 bits per heavy atom. The van der Waals surface area contributed by atoms with Crippen molar-refractivity contribution in [2.75, 3.05) is 25.2 Å². The molecule has 1 aromatic carbocycles. The first-order chi connectivity index (χ1) is 15.9. The highest BCUT2D eigenvalue weighted by molar-refractivity contribution is 7.32. The van der Waals surface area contributed by atoms with Gasteiger partial charge in [0.05, 0.1) is 12.9 Å². The van der Waals surface area contributed by atoms with Crippen molar-refractivity contribution in [2.24, 2.45) is 0 Å². The first-order valence-electron chi connectivity index (χ1n) is 9.68. The van der Waals surface area contributed by atoms with Gasteiger partial charge in [0.15, 0.2) is 23.1 Å². The molecule has 0 fully saturated rings. The molecule has 2 aromatic heterocycles. The van der Waals surface area contributed by atoms with Gasteiger partial charge < -0.3 is 9.84 Å². The number of rotatable bonds is 11. The van der Waals surface area contributed by atoms with Crippen LogP contribution in [0.1, 0.15) is 16.7 Å². The van der Waals surface area contributed by atoms with Crippen LogP contribution >= 0.6 is 8.25 Å². The van der Waals surface area contributed by atoms with Crippen LogP contribution in [0, 0.1) is 0 Å². The van der Waals surface area contributed by atoms with E-state index in [-0.39, 0.29) is 29.4 Å². The van der Waals surface area contributed by atoms with Crippen LogP contribution in [-0.2, 0) is 13.8 Å². The number of halogens is 1. The van der Waals surface area contributed by atoms with Crippen LogP contribution in [0.4, 0.5) is 10.2 Å². The highest BCUT2D eigenvalue weighted by Gasteiger charge is 2.40. The molecule has 0 spiro atoms. The van der Waals surface area contributed by atoms with E-state index in [1.807, 2.05) is 0 Å². The van der Waals surface area contributed by atoms with Crippen molar-refractivity contribution in [3.63, 3.8) is 0 Å². The highest BCUT2D eigenvalue weighted by Crippen LogP contribution is 2.32. The molecule has 13 heteroatoms. The molecule has 3 aromatic rings. The molecule has 2 N–H and O–H groups in total. The number of aliphatic hydroxyl groups is 1. The second kappa shape index (κ2) is 11.1. The average molecular weight is 478 g/mol. The van der Waals surface area contributed by atoms with Crippen LogP contribution in [0.3, 0.4) is 0 Å². The molecular formula is C20H22FN5O6P+. The van der Waals surface area contributed by atoms with E-state index >= 15 is 4.39 Å². The predicted octanol–water partition coefficient (Wildman–Crippen LogP) is 2.17. The smallest absolute Gasteiger partial charge is 0.394 e. The number of aromatic nitrogens is 4. The lowest BCUT2D eigenvalue weighted by atomic mass is 10.2. The molecule has 0 bridgehead atoms. The number of aliphatic hydroxyl groups excluding tert-OH is 1. The first-order valence-corrected chi connectivity index (χ1v) is 10.8. The van der Waals surface area contributed by atoms with Crippen molar-refractivity contribution in [3.05, 3.63) is 61.2 Å². The molecular weight excluding hydrogens is 456 g/mol. The average Bonchev–Trinajstić information content (AvgIpc) is 3.26. The summed E-state index contributed by atoms with van der Waals surface area (Å²) in [6, 6.07) is 8.50. The van der Waals surface area contributed by atoms with E-state index in [0.29, 0.717) is 5.56 Å². The molecule has 11 nitrogen and oxygen atoms in total. The Hall–Kier alpha value is -3.15. The van der Waals surface area contributed by atoms with Crippen LogP contribution in [0.2, 0.25) is 0 Å². The molecule has 33 heavy (non-hydrogen) atoms. The number of alkyl halides is 1. The third kappa shape index (κ3) is 5.27. The lowest BCUT2D eigenvalue weighted by Gasteiger charge is -2.23. The summed E-state index contributed by atoms with van der Waals surface area (Å²) in [5.41, 5.74) is 0.508.